The standard InChI is InChI=1S/C23H23FN4S/c1-23(2,3)17-8-10-18(11-9-17)27-21-20-22(26-14-25-21)29-19(28-20)12-15-6-4-5-7-16(15)13-24/h4-11,14H,12-13H2,1-3H3,(H,25,26,27). The summed E-state index contributed by atoms with van der Waals surface area (Å²) in [7, 11) is 0. The lowest BCUT2D eigenvalue weighted by atomic mass is 9.87. The van der Waals surface area contributed by atoms with Gasteiger partial charge in [-0.05, 0) is 34.2 Å². The van der Waals surface area contributed by atoms with Crippen molar-refractivity contribution >= 4 is 33.2 Å². The maximum absolute atomic E-state index is 13.3. The number of alkyl halides is 1. The second kappa shape index (κ2) is 7.87. The first-order valence-corrected chi connectivity index (χ1v) is 10.4. The lowest BCUT2D eigenvalue weighted by Gasteiger charge is -2.19. The fourth-order valence-electron chi connectivity index (χ4n) is 3.18. The highest BCUT2D eigenvalue weighted by atomic mass is 32.1. The average Bonchev–Trinajstić information content (AvgIpc) is 3.12. The Bertz CT molecular complexity index is 1130. The van der Waals surface area contributed by atoms with Crippen LogP contribution in [0.3, 0.4) is 0 Å². The van der Waals surface area contributed by atoms with E-state index in [4.69, 9.17) is 4.98 Å². The maximum atomic E-state index is 13.3. The lowest BCUT2D eigenvalue weighted by Crippen LogP contribution is -2.10. The molecule has 0 bridgehead atoms. The number of hydrogen-bond acceptors (Lipinski definition) is 5. The number of rotatable bonds is 5. The normalized spacial score (nSPS) is 11.7. The summed E-state index contributed by atoms with van der Waals surface area (Å²) in [6, 6.07) is 15.9. The third kappa shape index (κ3) is 4.27. The van der Waals surface area contributed by atoms with Crippen molar-refractivity contribution in [1.82, 2.24) is 15.0 Å². The molecule has 6 heteroatoms. The molecule has 148 valence electrons. The zero-order valence-corrected chi connectivity index (χ0v) is 17.6. The largest absolute Gasteiger partial charge is 0.338 e. The number of nitrogens with zero attached hydrogens (tertiary/aromatic N) is 3. The van der Waals surface area contributed by atoms with Gasteiger partial charge in [-0.15, -0.1) is 0 Å². The van der Waals surface area contributed by atoms with E-state index in [1.807, 2.05) is 24.3 Å². The topological polar surface area (TPSA) is 50.7 Å². The molecule has 0 aliphatic rings. The summed E-state index contributed by atoms with van der Waals surface area (Å²) >= 11 is 1.52. The van der Waals surface area contributed by atoms with Crippen LogP contribution in [0.5, 0.6) is 0 Å². The van der Waals surface area contributed by atoms with E-state index in [1.54, 1.807) is 6.33 Å². The molecule has 0 atom stereocenters. The molecule has 0 fully saturated rings. The molecule has 0 unspecified atom stereocenters. The average molecular weight is 407 g/mol. The van der Waals surface area contributed by atoms with E-state index in [0.29, 0.717) is 17.8 Å². The molecular formula is C23H23FN4S. The number of benzene rings is 2. The van der Waals surface area contributed by atoms with E-state index < -0.39 is 6.67 Å². The van der Waals surface area contributed by atoms with Crippen molar-refractivity contribution in [1.29, 1.82) is 0 Å². The van der Waals surface area contributed by atoms with Gasteiger partial charge in [0, 0.05) is 12.1 Å². The van der Waals surface area contributed by atoms with E-state index in [0.717, 1.165) is 26.6 Å². The van der Waals surface area contributed by atoms with Crippen LogP contribution in [0.4, 0.5) is 15.9 Å². The number of nitrogens with one attached hydrogen (secondary N) is 1. The number of anilines is 2. The highest BCUT2D eigenvalue weighted by Gasteiger charge is 2.15. The molecule has 4 rings (SSSR count). The van der Waals surface area contributed by atoms with Crippen LogP contribution < -0.4 is 5.32 Å². The summed E-state index contributed by atoms with van der Waals surface area (Å²) < 4.78 is 13.3. The van der Waals surface area contributed by atoms with Gasteiger partial charge in [-0.3, -0.25) is 0 Å². The zero-order valence-electron chi connectivity index (χ0n) is 16.7. The first kappa shape index (κ1) is 19.5. The predicted molar refractivity (Wildman–Crippen MR) is 118 cm³/mol. The molecule has 4 nitrogen and oxygen atoms in total. The van der Waals surface area contributed by atoms with Crippen LogP contribution in [0.1, 0.15) is 42.5 Å². The molecule has 1 N–H and O–H groups in total. The molecule has 0 saturated heterocycles. The van der Waals surface area contributed by atoms with Crippen molar-refractivity contribution in [2.45, 2.75) is 39.3 Å². The Balaban J connectivity index is 1.61. The minimum atomic E-state index is -0.474. The van der Waals surface area contributed by atoms with E-state index >= 15 is 0 Å². The highest BCUT2D eigenvalue weighted by molar-refractivity contribution is 7.18. The summed E-state index contributed by atoms with van der Waals surface area (Å²) in [5.41, 5.74) is 4.74. The molecule has 2 aromatic heterocycles. The second-order valence-electron chi connectivity index (χ2n) is 8.02. The number of hydrogen-bond donors (Lipinski definition) is 1. The van der Waals surface area contributed by atoms with E-state index in [2.05, 4.69) is 60.3 Å². The minimum Gasteiger partial charge on any atom is -0.338 e. The van der Waals surface area contributed by atoms with E-state index in [9.17, 15) is 4.39 Å². The van der Waals surface area contributed by atoms with Crippen LogP contribution in [0.25, 0.3) is 10.3 Å². The van der Waals surface area contributed by atoms with Crippen LogP contribution in [-0.2, 0) is 18.5 Å². The highest BCUT2D eigenvalue weighted by Crippen LogP contribution is 2.30. The SMILES string of the molecule is CC(C)(C)c1ccc(Nc2ncnc3sc(Cc4ccccc4CF)nc23)cc1. The molecule has 0 aliphatic heterocycles. The van der Waals surface area contributed by atoms with Crippen LogP contribution in [0.2, 0.25) is 0 Å². The van der Waals surface area contributed by atoms with Gasteiger partial charge in [-0.25, -0.2) is 19.3 Å². The Kier molecular flexibility index (Phi) is 5.28. The van der Waals surface area contributed by atoms with Gasteiger partial charge >= 0.3 is 0 Å². The van der Waals surface area contributed by atoms with Crippen molar-refractivity contribution in [3.05, 3.63) is 76.6 Å². The Morgan fingerprint density at radius 1 is 0.966 bits per heavy atom. The van der Waals surface area contributed by atoms with Gasteiger partial charge in [0.2, 0.25) is 0 Å². The van der Waals surface area contributed by atoms with E-state index in [-0.39, 0.29) is 5.41 Å². The number of halogens is 1. The second-order valence-corrected chi connectivity index (χ2v) is 9.08. The molecular weight excluding hydrogens is 383 g/mol. The third-order valence-corrected chi connectivity index (χ3v) is 5.82. The molecule has 0 radical (unpaired) electrons. The van der Waals surface area contributed by atoms with Crippen molar-refractivity contribution in [3.63, 3.8) is 0 Å². The van der Waals surface area contributed by atoms with Gasteiger partial charge in [-0.1, -0.05) is 68.5 Å². The Labute approximate surface area is 173 Å². The summed E-state index contributed by atoms with van der Waals surface area (Å²) in [6.45, 7) is 6.11. The first-order chi connectivity index (χ1) is 13.9. The van der Waals surface area contributed by atoms with Crippen molar-refractivity contribution in [3.8, 4) is 0 Å². The van der Waals surface area contributed by atoms with Crippen molar-refractivity contribution in [2.75, 3.05) is 5.32 Å². The van der Waals surface area contributed by atoms with Gasteiger partial charge < -0.3 is 5.32 Å². The van der Waals surface area contributed by atoms with Crippen LogP contribution in [0, 0.1) is 0 Å². The van der Waals surface area contributed by atoms with Crippen LogP contribution >= 0.6 is 11.3 Å². The number of fused-ring (bicyclic) bond motifs is 1. The number of thiazole rings is 1. The molecule has 0 aliphatic carbocycles. The summed E-state index contributed by atoms with van der Waals surface area (Å²) in [5.74, 6) is 0.680. The molecule has 2 aromatic carbocycles. The van der Waals surface area contributed by atoms with Gasteiger partial charge in [0.25, 0.3) is 0 Å². The fraction of sp³-hybridized carbons (Fsp3) is 0.261. The molecule has 0 saturated carbocycles. The minimum absolute atomic E-state index is 0.112. The molecule has 4 aromatic rings. The fourth-order valence-corrected chi connectivity index (χ4v) is 4.10. The third-order valence-electron chi connectivity index (χ3n) is 4.86. The Morgan fingerprint density at radius 3 is 2.38 bits per heavy atom. The maximum Gasteiger partial charge on any atom is 0.161 e. The van der Waals surface area contributed by atoms with E-state index in [1.165, 1.54) is 16.9 Å². The molecule has 0 amide bonds. The monoisotopic (exact) mass is 406 g/mol. The van der Waals surface area contributed by atoms with Crippen molar-refractivity contribution < 1.29 is 4.39 Å². The summed E-state index contributed by atoms with van der Waals surface area (Å²) in [5, 5.41) is 4.25. The molecule has 0 spiro atoms. The summed E-state index contributed by atoms with van der Waals surface area (Å²) in [6.07, 6.45) is 2.13. The quantitative estimate of drug-likeness (QED) is 0.429. The van der Waals surface area contributed by atoms with Crippen LogP contribution in [-0.4, -0.2) is 15.0 Å². The lowest BCUT2D eigenvalue weighted by molar-refractivity contribution is 0.483. The molecule has 29 heavy (non-hydrogen) atoms. The predicted octanol–water partition coefficient (Wildman–Crippen LogP) is 6.19. The van der Waals surface area contributed by atoms with Gasteiger partial charge in [-0.2, -0.15) is 0 Å². The van der Waals surface area contributed by atoms with Gasteiger partial charge in [0.05, 0.1) is 5.01 Å². The van der Waals surface area contributed by atoms with Crippen molar-refractivity contribution in [2.24, 2.45) is 0 Å². The molecule has 2 heterocycles. The Morgan fingerprint density at radius 2 is 1.69 bits per heavy atom. The zero-order chi connectivity index (χ0) is 20.4. The van der Waals surface area contributed by atoms with Gasteiger partial charge in [0.15, 0.2) is 5.82 Å². The smallest absolute Gasteiger partial charge is 0.161 e. The van der Waals surface area contributed by atoms with Gasteiger partial charge in [0.1, 0.15) is 23.3 Å². The Hall–Kier alpha value is -2.86. The van der Waals surface area contributed by atoms with Crippen LogP contribution in [0.15, 0.2) is 54.9 Å². The summed E-state index contributed by atoms with van der Waals surface area (Å²) in [4.78, 5) is 14.3. The number of aromatic nitrogens is 3. The first-order valence-electron chi connectivity index (χ1n) is 9.55.